The van der Waals surface area contributed by atoms with Crippen LogP contribution in [0.5, 0.6) is 0 Å². The average molecular weight is 290 g/mol. The lowest BCUT2D eigenvalue weighted by molar-refractivity contribution is -0.151. The van der Waals surface area contributed by atoms with Crippen molar-refractivity contribution >= 4 is 5.97 Å². The maximum Gasteiger partial charge on any atom is 0.332 e. The quantitative estimate of drug-likeness (QED) is 0.746. The lowest BCUT2D eigenvalue weighted by atomic mass is 9.90. The smallest absolute Gasteiger partial charge is 0.332 e. The maximum atomic E-state index is 12.5. The van der Waals surface area contributed by atoms with Gasteiger partial charge in [0.2, 0.25) is 0 Å². The fourth-order valence-electron chi connectivity index (χ4n) is 2.71. The van der Waals surface area contributed by atoms with E-state index in [2.05, 4.69) is 11.8 Å². The van der Waals surface area contributed by atoms with E-state index in [0.717, 1.165) is 18.5 Å². The van der Waals surface area contributed by atoms with Gasteiger partial charge in [-0.15, -0.1) is 0 Å². The molecule has 0 radical (unpaired) electrons. The van der Waals surface area contributed by atoms with E-state index in [1.807, 2.05) is 37.3 Å². The third-order valence-corrected chi connectivity index (χ3v) is 3.96. The van der Waals surface area contributed by atoms with E-state index in [-0.39, 0.29) is 5.97 Å². The van der Waals surface area contributed by atoms with Crippen molar-refractivity contribution in [3.05, 3.63) is 35.9 Å². The Morgan fingerprint density at radius 2 is 2.00 bits per heavy atom. The highest BCUT2D eigenvalue weighted by molar-refractivity contribution is 5.82. The van der Waals surface area contributed by atoms with E-state index < -0.39 is 5.54 Å². The lowest BCUT2D eigenvalue weighted by Gasteiger charge is -2.34. The Kier molecular flexibility index (Phi) is 5.37. The van der Waals surface area contributed by atoms with Crippen LogP contribution in [0, 0.1) is 0 Å². The van der Waals surface area contributed by atoms with Gasteiger partial charge in [0.05, 0.1) is 6.61 Å². The fourth-order valence-corrected chi connectivity index (χ4v) is 2.71. The normalized spacial score (nSPS) is 17.5. The summed E-state index contributed by atoms with van der Waals surface area (Å²) in [4.78, 5) is 14.8. The van der Waals surface area contributed by atoms with Crippen LogP contribution in [-0.4, -0.2) is 36.6 Å². The number of hydrogen-bond acceptors (Lipinski definition) is 4. The molecule has 1 atom stereocenters. The van der Waals surface area contributed by atoms with Gasteiger partial charge in [-0.1, -0.05) is 37.3 Å². The summed E-state index contributed by atoms with van der Waals surface area (Å²) < 4.78 is 5.25. The molecule has 1 saturated carbocycles. The second-order valence-corrected chi connectivity index (χ2v) is 5.76. The number of carbonyl (C=O) groups is 1. The molecule has 116 valence electrons. The van der Waals surface area contributed by atoms with Crippen molar-refractivity contribution in [3.63, 3.8) is 0 Å². The Morgan fingerprint density at radius 3 is 2.52 bits per heavy atom. The van der Waals surface area contributed by atoms with E-state index in [0.29, 0.717) is 19.2 Å². The highest BCUT2D eigenvalue weighted by Crippen LogP contribution is 2.31. The SMILES string of the molecule is CCCN(CC(N)(C(=O)OCC)c1ccccc1)C1CC1. The molecule has 0 aliphatic heterocycles. The molecule has 0 heterocycles. The Bertz CT molecular complexity index is 459. The van der Waals surface area contributed by atoms with Crippen LogP contribution in [0.4, 0.5) is 0 Å². The van der Waals surface area contributed by atoms with Crippen LogP contribution in [0.15, 0.2) is 30.3 Å². The van der Waals surface area contributed by atoms with Crippen molar-refractivity contribution < 1.29 is 9.53 Å². The number of nitrogens with zero attached hydrogens (tertiary/aromatic N) is 1. The third-order valence-electron chi connectivity index (χ3n) is 3.96. The van der Waals surface area contributed by atoms with E-state index >= 15 is 0 Å². The summed E-state index contributed by atoms with van der Waals surface area (Å²) in [6, 6.07) is 10.2. The second kappa shape index (κ2) is 7.05. The maximum absolute atomic E-state index is 12.5. The summed E-state index contributed by atoms with van der Waals surface area (Å²) in [5.74, 6) is -0.335. The molecule has 1 unspecified atom stereocenters. The molecule has 0 amide bonds. The molecule has 2 N–H and O–H groups in total. The summed E-state index contributed by atoms with van der Waals surface area (Å²) >= 11 is 0. The Hall–Kier alpha value is -1.39. The monoisotopic (exact) mass is 290 g/mol. The zero-order chi connectivity index (χ0) is 15.3. The van der Waals surface area contributed by atoms with Gasteiger partial charge in [0.25, 0.3) is 0 Å². The molecular formula is C17H26N2O2. The van der Waals surface area contributed by atoms with Crippen molar-refractivity contribution in [1.29, 1.82) is 0 Å². The van der Waals surface area contributed by atoms with Gasteiger partial charge in [-0.05, 0) is 38.3 Å². The summed E-state index contributed by atoms with van der Waals surface area (Å²) in [6.07, 6.45) is 3.46. The first-order chi connectivity index (χ1) is 10.1. The molecule has 0 aromatic heterocycles. The molecule has 1 fully saturated rings. The lowest BCUT2D eigenvalue weighted by Crippen LogP contribution is -2.54. The van der Waals surface area contributed by atoms with Gasteiger partial charge >= 0.3 is 5.97 Å². The summed E-state index contributed by atoms with van der Waals surface area (Å²) in [6.45, 7) is 5.81. The highest BCUT2D eigenvalue weighted by Gasteiger charge is 2.42. The van der Waals surface area contributed by atoms with Crippen LogP contribution in [0.25, 0.3) is 0 Å². The fraction of sp³-hybridized carbons (Fsp3) is 0.588. The molecule has 1 aromatic carbocycles. The Balaban J connectivity index is 2.24. The molecular weight excluding hydrogens is 264 g/mol. The van der Waals surface area contributed by atoms with Gasteiger partial charge in [0, 0.05) is 12.6 Å². The van der Waals surface area contributed by atoms with Crippen LogP contribution in [-0.2, 0) is 15.1 Å². The molecule has 1 aliphatic rings. The molecule has 4 heteroatoms. The summed E-state index contributed by atoms with van der Waals surface area (Å²) in [7, 11) is 0. The number of esters is 1. The molecule has 1 aromatic rings. The Morgan fingerprint density at radius 1 is 1.33 bits per heavy atom. The number of nitrogens with two attached hydrogens (primary N) is 1. The number of rotatable bonds is 8. The first-order valence-electron chi connectivity index (χ1n) is 7.87. The van der Waals surface area contributed by atoms with Gasteiger partial charge in [-0.25, -0.2) is 4.79 Å². The van der Waals surface area contributed by atoms with Crippen molar-refractivity contribution in [2.24, 2.45) is 5.73 Å². The van der Waals surface area contributed by atoms with Crippen LogP contribution in [0.2, 0.25) is 0 Å². The van der Waals surface area contributed by atoms with Crippen LogP contribution in [0.1, 0.15) is 38.7 Å². The summed E-state index contributed by atoms with van der Waals surface area (Å²) in [5, 5.41) is 0. The topological polar surface area (TPSA) is 55.6 Å². The average Bonchev–Trinajstić information content (AvgIpc) is 3.32. The number of hydrogen-bond donors (Lipinski definition) is 1. The second-order valence-electron chi connectivity index (χ2n) is 5.76. The minimum absolute atomic E-state index is 0.335. The van der Waals surface area contributed by atoms with Crippen LogP contribution < -0.4 is 5.73 Å². The van der Waals surface area contributed by atoms with E-state index in [4.69, 9.17) is 10.5 Å². The molecule has 21 heavy (non-hydrogen) atoms. The zero-order valence-electron chi connectivity index (χ0n) is 13.0. The first kappa shape index (κ1) is 16.0. The molecule has 1 aliphatic carbocycles. The highest BCUT2D eigenvalue weighted by atomic mass is 16.5. The first-order valence-corrected chi connectivity index (χ1v) is 7.87. The van der Waals surface area contributed by atoms with Crippen molar-refractivity contribution in [2.45, 2.75) is 44.7 Å². The van der Waals surface area contributed by atoms with E-state index in [1.165, 1.54) is 12.8 Å². The van der Waals surface area contributed by atoms with Gasteiger partial charge in [-0.2, -0.15) is 0 Å². The van der Waals surface area contributed by atoms with Crippen molar-refractivity contribution in [1.82, 2.24) is 4.90 Å². The largest absolute Gasteiger partial charge is 0.464 e. The predicted octanol–water partition coefficient (Wildman–Crippen LogP) is 2.28. The van der Waals surface area contributed by atoms with Crippen molar-refractivity contribution in [2.75, 3.05) is 19.7 Å². The minimum Gasteiger partial charge on any atom is -0.464 e. The Labute approximate surface area is 127 Å². The van der Waals surface area contributed by atoms with Gasteiger partial charge in [0.15, 0.2) is 5.54 Å². The van der Waals surface area contributed by atoms with E-state index in [1.54, 1.807) is 0 Å². The number of benzene rings is 1. The number of ether oxygens (including phenoxy) is 1. The molecule has 4 nitrogen and oxygen atoms in total. The minimum atomic E-state index is -1.09. The van der Waals surface area contributed by atoms with Gasteiger partial charge in [0.1, 0.15) is 0 Å². The van der Waals surface area contributed by atoms with Crippen LogP contribution >= 0.6 is 0 Å². The molecule has 0 bridgehead atoms. The predicted molar refractivity (Wildman–Crippen MR) is 83.8 cm³/mol. The molecule has 2 rings (SSSR count). The standard InChI is InChI=1S/C17H26N2O2/c1-3-12-19(15-10-11-15)13-17(18,16(20)21-4-2)14-8-6-5-7-9-14/h5-9,15H,3-4,10-13,18H2,1-2H3. The van der Waals surface area contributed by atoms with Gasteiger partial charge in [-0.3, -0.25) is 4.90 Å². The van der Waals surface area contributed by atoms with Crippen LogP contribution in [0.3, 0.4) is 0 Å². The number of carbonyl (C=O) groups excluding carboxylic acids is 1. The molecule has 0 spiro atoms. The van der Waals surface area contributed by atoms with Crippen molar-refractivity contribution in [3.8, 4) is 0 Å². The van der Waals surface area contributed by atoms with E-state index in [9.17, 15) is 4.79 Å². The molecule has 0 saturated heterocycles. The third kappa shape index (κ3) is 3.83. The van der Waals surface area contributed by atoms with Gasteiger partial charge < -0.3 is 10.5 Å². The zero-order valence-corrected chi connectivity index (χ0v) is 13.0. The summed E-state index contributed by atoms with van der Waals surface area (Å²) in [5.41, 5.74) is 6.27.